The molecular formula is C8H8Cl2N2O2S. The summed E-state index contributed by atoms with van der Waals surface area (Å²) in [4.78, 5) is 7.67. The molecule has 0 amide bonds. The van der Waals surface area contributed by atoms with Gasteiger partial charge >= 0.3 is 0 Å². The van der Waals surface area contributed by atoms with E-state index in [1.807, 2.05) is 0 Å². The van der Waals surface area contributed by atoms with Gasteiger partial charge in [-0.25, -0.2) is 18.4 Å². The van der Waals surface area contributed by atoms with Gasteiger partial charge in [0.05, 0.1) is 4.75 Å². The zero-order valence-corrected chi connectivity index (χ0v) is 9.98. The maximum Gasteiger partial charge on any atom is 0.238 e. The third-order valence-electron chi connectivity index (χ3n) is 2.51. The summed E-state index contributed by atoms with van der Waals surface area (Å²) >= 11 is 5.60. The standard InChI is InChI=1S/C8H8Cl2N2O2S/c9-7-11-4-1-6(12-7)5-8(2-3-8)15(10,13)14/h1,4H,2-3,5H2. The fraction of sp³-hybridized carbons (Fsp3) is 0.500. The number of aromatic nitrogens is 2. The lowest BCUT2D eigenvalue weighted by Gasteiger charge is -2.09. The van der Waals surface area contributed by atoms with Gasteiger partial charge in [-0.15, -0.1) is 0 Å². The predicted octanol–water partition coefficient (Wildman–Crippen LogP) is 1.77. The molecule has 7 heteroatoms. The molecule has 1 aromatic rings. The molecule has 1 heterocycles. The Balaban J connectivity index is 2.24. The molecule has 0 saturated heterocycles. The molecule has 15 heavy (non-hydrogen) atoms. The Morgan fingerprint density at radius 3 is 2.60 bits per heavy atom. The van der Waals surface area contributed by atoms with Crippen LogP contribution in [0, 0.1) is 0 Å². The fourth-order valence-corrected chi connectivity index (χ4v) is 3.15. The molecule has 1 aliphatic rings. The Labute approximate surface area is 97.1 Å². The Bertz CT molecular complexity index is 485. The molecule has 0 bridgehead atoms. The highest BCUT2D eigenvalue weighted by atomic mass is 35.7. The fourth-order valence-electron chi connectivity index (χ4n) is 1.44. The van der Waals surface area contributed by atoms with E-state index in [4.69, 9.17) is 22.3 Å². The molecule has 1 aliphatic carbocycles. The van der Waals surface area contributed by atoms with Gasteiger partial charge in [-0.05, 0) is 30.5 Å². The minimum Gasteiger partial charge on any atom is -0.227 e. The van der Waals surface area contributed by atoms with E-state index in [1.54, 1.807) is 6.07 Å². The van der Waals surface area contributed by atoms with Gasteiger partial charge in [-0.2, -0.15) is 0 Å². The van der Waals surface area contributed by atoms with Crippen LogP contribution in [0.2, 0.25) is 5.28 Å². The van der Waals surface area contributed by atoms with Crippen molar-refractivity contribution in [2.75, 3.05) is 0 Å². The van der Waals surface area contributed by atoms with Crippen molar-refractivity contribution in [3.8, 4) is 0 Å². The first-order valence-corrected chi connectivity index (χ1v) is 7.03. The number of nitrogens with zero attached hydrogens (tertiary/aromatic N) is 2. The molecule has 82 valence electrons. The molecule has 1 saturated carbocycles. The second kappa shape index (κ2) is 3.57. The van der Waals surface area contributed by atoms with Gasteiger partial charge in [0, 0.05) is 29.0 Å². The van der Waals surface area contributed by atoms with E-state index in [0.29, 0.717) is 25.0 Å². The van der Waals surface area contributed by atoms with Crippen molar-refractivity contribution < 1.29 is 8.42 Å². The lowest BCUT2D eigenvalue weighted by molar-refractivity contribution is 0.589. The van der Waals surface area contributed by atoms with Crippen LogP contribution in [0.15, 0.2) is 12.3 Å². The maximum atomic E-state index is 11.3. The summed E-state index contributed by atoms with van der Waals surface area (Å²) in [6.45, 7) is 0. The molecule has 1 aromatic heterocycles. The number of rotatable bonds is 3. The summed E-state index contributed by atoms with van der Waals surface area (Å²) in [5.74, 6) is 0. The van der Waals surface area contributed by atoms with Crippen molar-refractivity contribution in [1.82, 2.24) is 9.97 Å². The van der Waals surface area contributed by atoms with Crippen LogP contribution in [0.1, 0.15) is 18.5 Å². The van der Waals surface area contributed by atoms with Crippen molar-refractivity contribution >= 4 is 31.3 Å². The van der Waals surface area contributed by atoms with Crippen LogP contribution in [-0.2, 0) is 15.5 Å². The predicted molar refractivity (Wildman–Crippen MR) is 57.5 cm³/mol. The highest BCUT2D eigenvalue weighted by molar-refractivity contribution is 8.15. The smallest absolute Gasteiger partial charge is 0.227 e. The van der Waals surface area contributed by atoms with Crippen molar-refractivity contribution in [3.63, 3.8) is 0 Å². The van der Waals surface area contributed by atoms with Crippen molar-refractivity contribution in [3.05, 3.63) is 23.2 Å². The molecule has 0 atom stereocenters. The topological polar surface area (TPSA) is 59.9 Å². The summed E-state index contributed by atoms with van der Waals surface area (Å²) in [7, 11) is 1.84. The minimum absolute atomic E-state index is 0.121. The molecule has 1 fully saturated rings. The molecule has 0 aromatic carbocycles. The van der Waals surface area contributed by atoms with Crippen molar-refractivity contribution in [2.45, 2.75) is 24.0 Å². The van der Waals surface area contributed by atoms with E-state index in [0.717, 1.165) is 0 Å². The summed E-state index contributed by atoms with van der Waals surface area (Å²) in [5, 5.41) is 0.121. The van der Waals surface area contributed by atoms with Crippen LogP contribution in [0.5, 0.6) is 0 Å². The first kappa shape index (κ1) is 11.1. The average molecular weight is 267 g/mol. The molecule has 0 N–H and O–H groups in total. The normalized spacial score (nSPS) is 18.8. The van der Waals surface area contributed by atoms with Crippen LogP contribution in [0.25, 0.3) is 0 Å². The molecule has 0 aliphatic heterocycles. The number of hydrogen-bond acceptors (Lipinski definition) is 4. The van der Waals surface area contributed by atoms with Crippen molar-refractivity contribution in [2.24, 2.45) is 0 Å². The summed E-state index contributed by atoms with van der Waals surface area (Å²) < 4.78 is 21.8. The van der Waals surface area contributed by atoms with Crippen LogP contribution >= 0.6 is 22.3 Å². The Kier molecular flexibility index (Phi) is 2.65. The monoisotopic (exact) mass is 266 g/mol. The Hall–Kier alpha value is -0.390. The summed E-state index contributed by atoms with van der Waals surface area (Å²) in [6.07, 6.45) is 2.98. The lowest BCUT2D eigenvalue weighted by Crippen LogP contribution is -2.21. The first-order valence-electron chi connectivity index (χ1n) is 4.35. The van der Waals surface area contributed by atoms with Gasteiger partial charge in [0.1, 0.15) is 0 Å². The highest BCUT2D eigenvalue weighted by Gasteiger charge is 2.53. The van der Waals surface area contributed by atoms with E-state index in [9.17, 15) is 8.42 Å². The van der Waals surface area contributed by atoms with Gasteiger partial charge in [0.15, 0.2) is 0 Å². The van der Waals surface area contributed by atoms with Crippen LogP contribution in [-0.4, -0.2) is 23.1 Å². The third kappa shape index (κ3) is 2.24. The molecule has 2 rings (SSSR count). The highest BCUT2D eigenvalue weighted by Crippen LogP contribution is 2.47. The number of hydrogen-bond donors (Lipinski definition) is 0. The van der Waals surface area contributed by atoms with E-state index >= 15 is 0 Å². The molecule has 0 unspecified atom stereocenters. The van der Waals surface area contributed by atoms with E-state index in [-0.39, 0.29) is 5.28 Å². The van der Waals surface area contributed by atoms with E-state index in [2.05, 4.69) is 9.97 Å². The van der Waals surface area contributed by atoms with E-state index in [1.165, 1.54) is 6.20 Å². The second-order valence-electron chi connectivity index (χ2n) is 3.61. The zero-order chi connectivity index (χ0) is 11.1. The van der Waals surface area contributed by atoms with Crippen LogP contribution < -0.4 is 0 Å². The van der Waals surface area contributed by atoms with Crippen LogP contribution in [0.3, 0.4) is 0 Å². The average Bonchev–Trinajstić information content (AvgIpc) is 2.84. The summed E-state index contributed by atoms with van der Waals surface area (Å²) in [5.41, 5.74) is 0.608. The maximum absolute atomic E-state index is 11.3. The second-order valence-corrected chi connectivity index (χ2v) is 6.91. The third-order valence-corrected chi connectivity index (χ3v) is 5.26. The van der Waals surface area contributed by atoms with Crippen molar-refractivity contribution in [1.29, 1.82) is 0 Å². The quantitative estimate of drug-likeness (QED) is 0.618. The Morgan fingerprint density at radius 2 is 2.13 bits per heavy atom. The first-order chi connectivity index (χ1) is 6.93. The Morgan fingerprint density at radius 1 is 1.47 bits per heavy atom. The van der Waals surface area contributed by atoms with Gasteiger partial charge in [0.25, 0.3) is 0 Å². The largest absolute Gasteiger partial charge is 0.238 e. The molecule has 0 radical (unpaired) electrons. The molecular weight excluding hydrogens is 259 g/mol. The number of halogens is 2. The van der Waals surface area contributed by atoms with E-state index < -0.39 is 13.8 Å². The zero-order valence-electron chi connectivity index (χ0n) is 7.65. The molecule has 0 spiro atoms. The van der Waals surface area contributed by atoms with Gasteiger partial charge in [-0.1, -0.05) is 0 Å². The van der Waals surface area contributed by atoms with Crippen LogP contribution in [0.4, 0.5) is 0 Å². The van der Waals surface area contributed by atoms with Gasteiger partial charge in [0.2, 0.25) is 14.3 Å². The molecule has 4 nitrogen and oxygen atoms in total. The lowest BCUT2D eigenvalue weighted by atomic mass is 10.2. The van der Waals surface area contributed by atoms with Gasteiger partial charge < -0.3 is 0 Å². The minimum atomic E-state index is -3.53. The summed E-state index contributed by atoms with van der Waals surface area (Å²) in [6, 6.07) is 1.65. The van der Waals surface area contributed by atoms with Gasteiger partial charge in [-0.3, -0.25) is 0 Å². The SMILES string of the molecule is O=S(=O)(Cl)C1(Cc2ccnc(Cl)n2)CC1.